The Hall–Kier alpha value is -2.91. The van der Waals surface area contributed by atoms with Crippen LogP contribution in [0.1, 0.15) is 37.2 Å². The van der Waals surface area contributed by atoms with Crippen molar-refractivity contribution in [3.05, 3.63) is 59.9 Å². The van der Waals surface area contributed by atoms with Gasteiger partial charge in [0, 0.05) is 12.0 Å². The Morgan fingerprint density at radius 2 is 1.90 bits per heavy atom. The Labute approximate surface area is 169 Å². The summed E-state index contributed by atoms with van der Waals surface area (Å²) in [6.07, 6.45) is 4.14. The van der Waals surface area contributed by atoms with Crippen LogP contribution in [-0.2, 0) is 0 Å². The fraction of sp³-hybridized carbons (Fsp3) is 0.391. The second kappa shape index (κ2) is 8.22. The van der Waals surface area contributed by atoms with E-state index in [0.717, 1.165) is 42.4 Å². The number of nitrogens with one attached hydrogen (secondary N) is 1. The molecule has 0 unspecified atom stereocenters. The first-order chi connectivity index (χ1) is 14.1. The minimum absolute atomic E-state index is 0.158. The molecule has 1 heterocycles. The number of hydrogen-bond acceptors (Lipinski definition) is 3. The number of halogens is 1. The maximum absolute atomic E-state index is 13.5. The van der Waals surface area contributed by atoms with Gasteiger partial charge in [0.15, 0.2) is 0 Å². The molecular weight excluding hydrogens is 369 g/mol. The van der Waals surface area contributed by atoms with Crippen molar-refractivity contribution in [1.82, 2.24) is 10.2 Å². The molecule has 1 aliphatic carbocycles. The molecule has 0 spiro atoms. The molecule has 29 heavy (non-hydrogen) atoms. The first kappa shape index (κ1) is 19.4. The van der Waals surface area contributed by atoms with E-state index in [1.165, 1.54) is 17.0 Å². The molecule has 3 atom stereocenters. The van der Waals surface area contributed by atoms with Crippen LogP contribution in [0.2, 0.25) is 0 Å². The zero-order valence-electron chi connectivity index (χ0n) is 16.1. The number of urea groups is 1. The van der Waals surface area contributed by atoms with Crippen molar-refractivity contribution >= 4 is 6.03 Å². The lowest BCUT2D eigenvalue weighted by atomic mass is 9.75. The van der Waals surface area contributed by atoms with Crippen LogP contribution >= 0.6 is 0 Å². The first-order valence-electron chi connectivity index (χ1n) is 10.1. The monoisotopic (exact) mass is 393 g/mol. The van der Waals surface area contributed by atoms with Crippen molar-refractivity contribution in [2.45, 2.75) is 49.7 Å². The molecule has 0 aromatic heterocycles. The number of carbonyl (C=O) groups excluding carboxylic acids is 1. The predicted molar refractivity (Wildman–Crippen MR) is 107 cm³/mol. The molecule has 5 nitrogen and oxygen atoms in total. The van der Waals surface area contributed by atoms with E-state index >= 15 is 0 Å². The van der Waals surface area contributed by atoms with E-state index < -0.39 is 12.1 Å². The smallest absolute Gasteiger partial charge is 0.319 e. The summed E-state index contributed by atoms with van der Waals surface area (Å²) in [4.78, 5) is 14.2. The van der Waals surface area contributed by atoms with Crippen LogP contribution in [0.25, 0.3) is 11.1 Å². The molecule has 4 rings (SSSR count). The van der Waals surface area contributed by atoms with Gasteiger partial charge >= 0.3 is 6.03 Å². The van der Waals surface area contributed by atoms with Crippen LogP contribution in [0.3, 0.4) is 0 Å². The predicted octanol–water partition coefficient (Wildman–Crippen LogP) is 3.80. The number of likely N-dealkylation sites (tertiary alicyclic amines) is 1. The largest absolute Gasteiger partial charge is 0.394 e. The third-order valence-electron chi connectivity index (χ3n) is 6.10. The van der Waals surface area contributed by atoms with Gasteiger partial charge in [-0.25, -0.2) is 9.18 Å². The standard InChI is InChI=1S/C23H24FN3O2/c24-18-5-3-4-17(12-18)15-8-10-16(11-9-15)22-20(13-25)27(21(22)14-28)23(29)26-19-6-1-2-7-19/h3-5,8-12,19-22,28H,1-2,6-7,14H2,(H,26,29)/t20-,21-,22-/m0/s1. The van der Waals surface area contributed by atoms with Gasteiger partial charge in [-0.15, -0.1) is 0 Å². The number of rotatable bonds is 4. The van der Waals surface area contributed by atoms with Crippen molar-refractivity contribution in [3.8, 4) is 17.2 Å². The van der Waals surface area contributed by atoms with Crippen molar-refractivity contribution in [2.24, 2.45) is 0 Å². The van der Waals surface area contributed by atoms with E-state index in [0.29, 0.717) is 0 Å². The van der Waals surface area contributed by atoms with Gasteiger partial charge in [-0.05, 0) is 41.7 Å². The van der Waals surface area contributed by atoms with Gasteiger partial charge in [-0.3, -0.25) is 0 Å². The van der Waals surface area contributed by atoms with Crippen LogP contribution in [0.4, 0.5) is 9.18 Å². The summed E-state index contributed by atoms with van der Waals surface area (Å²) >= 11 is 0. The molecule has 2 N–H and O–H groups in total. The average molecular weight is 393 g/mol. The van der Waals surface area contributed by atoms with Crippen LogP contribution < -0.4 is 5.32 Å². The Kier molecular flexibility index (Phi) is 5.50. The highest BCUT2D eigenvalue weighted by Gasteiger charge is 2.52. The van der Waals surface area contributed by atoms with E-state index in [-0.39, 0.29) is 30.4 Å². The molecule has 0 radical (unpaired) electrons. The van der Waals surface area contributed by atoms with Gasteiger partial charge < -0.3 is 15.3 Å². The van der Waals surface area contributed by atoms with Crippen molar-refractivity contribution < 1.29 is 14.3 Å². The molecule has 1 saturated carbocycles. The highest BCUT2D eigenvalue weighted by Crippen LogP contribution is 2.41. The maximum atomic E-state index is 13.5. The van der Waals surface area contributed by atoms with Crippen molar-refractivity contribution in [3.63, 3.8) is 0 Å². The highest BCUT2D eigenvalue weighted by atomic mass is 19.1. The lowest BCUT2D eigenvalue weighted by molar-refractivity contribution is 0.0158. The van der Waals surface area contributed by atoms with Gasteiger partial charge in [0.2, 0.25) is 0 Å². The third kappa shape index (κ3) is 3.70. The highest BCUT2D eigenvalue weighted by molar-refractivity contribution is 5.78. The molecule has 150 valence electrons. The average Bonchev–Trinajstić information content (AvgIpc) is 3.21. The summed E-state index contributed by atoms with van der Waals surface area (Å²) in [5.74, 6) is -0.541. The van der Waals surface area contributed by atoms with Crippen LogP contribution in [0.15, 0.2) is 48.5 Å². The van der Waals surface area contributed by atoms with E-state index in [1.807, 2.05) is 30.3 Å². The summed E-state index contributed by atoms with van der Waals surface area (Å²) in [5, 5.41) is 22.6. The molecule has 2 fully saturated rings. The van der Waals surface area contributed by atoms with E-state index in [4.69, 9.17) is 0 Å². The Morgan fingerprint density at radius 3 is 2.52 bits per heavy atom. The number of aliphatic hydroxyl groups excluding tert-OH is 1. The fourth-order valence-corrected chi connectivity index (χ4v) is 4.57. The summed E-state index contributed by atoms with van der Waals surface area (Å²) in [7, 11) is 0. The minimum atomic E-state index is -0.617. The third-order valence-corrected chi connectivity index (χ3v) is 6.10. The number of carbonyl (C=O) groups is 1. The number of benzene rings is 2. The number of hydrogen-bond donors (Lipinski definition) is 2. The Bertz CT molecular complexity index is 918. The normalized spacial score (nSPS) is 24.0. The Morgan fingerprint density at radius 1 is 1.17 bits per heavy atom. The summed E-state index contributed by atoms with van der Waals surface area (Å²) < 4.78 is 13.5. The zero-order valence-corrected chi connectivity index (χ0v) is 16.1. The second-order valence-corrected chi connectivity index (χ2v) is 7.82. The quantitative estimate of drug-likeness (QED) is 0.830. The van der Waals surface area contributed by atoms with E-state index in [9.17, 15) is 19.6 Å². The molecule has 1 saturated heterocycles. The van der Waals surface area contributed by atoms with Gasteiger partial charge in [0.05, 0.1) is 18.7 Å². The zero-order chi connectivity index (χ0) is 20.4. The van der Waals surface area contributed by atoms with Crippen molar-refractivity contribution in [1.29, 1.82) is 5.26 Å². The topological polar surface area (TPSA) is 76.4 Å². The molecule has 6 heteroatoms. The maximum Gasteiger partial charge on any atom is 0.319 e. The number of nitriles is 1. The molecule has 2 aliphatic rings. The van der Waals surface area contributed by atoms with Crippen molar-refractivity contribution in [2.75, 3.05) is 6.61 Å². The molecule has 0 bridgehead atoms. The van der Waals surface area contributed by atoms with Gasteiger partial charge in [-0.1, -0.05) is 49.2 Å². The minimum Gasteiger partial charge on any atom is -0.394 e. The number of aliphatic hydroxyl groups is 1. The Balaban J connectivity index is 1.51. The summed E-state index contributed by atoms with van der Waals surface area (Å²) in [6.45, 7) is -0.202. The summed E-state index contributed by atoms with van der Waals surface area (Å²) in [6, 6.07) is 15.0. The molecular formula is C23H24FN3O2. The lowest BCUT2D eigenvalue weighted by Crippen LogP contribution is -2.67. The lowest BCUT2D eigenvalue weighted by Gasteiger charge is -2.51. The fourth-order valence-electron chi connectivity index (χ4n) is 4.57. The SMILES string of the molecule is N#C[C@H]1[C@H](c2ccc(-c3cccc(F)c3)cc2)[C@H](CO)N1C(=O)NC1CCCC1. The molecule has 2 aromatic carbocycles. The van der Waals surface area contributed by atoms with Crippen LogP contribution in [0, 0.1) is 17.1 Å². The number of amides is 2. The van der Waals surface area contributed by atoms with E-state index in [1.54, 1.807) is 6.07 Å². The van der Waals surface area contributed by atoms with Gasteiger partial charge in [0.1, 0.15) is 11.9 Å². The summed E-state index contributed by atoms with van der Waals surface area (Å²) in [5.41, 5.74) is 2.54. The van der Waals surface area contributed by atoms with Gasteiger partial charge in [-0.2, -0.15) is 5.26 Å². The van der Waals surface area contributed by atoms with E-state index in [2.05, 4.69) is 11.4 Å². The van der Waals surface area contributed by atoms with Crippen LogP contribution in [0.5, 0.6) is 0 Å². The van der Waals surface area contributed by atoms with Gasteiger partial charge in [0.25, 0.3) is 0 Å². The molecule has 1 aliphatic heterocycles. The van der Waals surface area contributed by atoms with Crippen LogP contribution in [-0.4, -0.2) is 40.8 Å². The second-order valence-electron chi connectivity index (χ2n) is 7.82. The number of nitrogens with zero attached hydrogens (tertiary/aromatic N) is 2. The molecule has 2 aromatic rings. The molecule has 2 amide bonds. The first-order valence-corrected chi connectivity index (χ1v) is 10.1.